The van der Waals surface area contributed by atoms with E-state index in [2.05, 4.69) is 62.5 Å². The molecule has 0 fully saturated rings. The monoisotopic (exact) mass is 610 g/mol. The van der Waals surface area contributed by atoms with Gasteiger partial charge in [0, 0.05) is 17.7 Å². The van der Waals surface area contributed by atoms with Crippen molar-refractivity contribution in [1.29, 1.82) is 0 Å². The molecule has 2 aromatic carbocycles. The van der Waals surface area contributed by atoms with Crippen molar-refractivity contribution in [3.05, 3.63) is 54.1 Å². The Kier molecular flexibility index (Phi) is 12.7. The maximum atomic E-state index is 13.0. The minimum Gasteiger partial charge on any atom is -0.493 e. The maximum Gasteiger partial charge on any atom is 0.303 e. The first-order valence-electron chi connectivity index (χ1n) is 14.5. The molecular weight excluding hydrogens is 564 g/mol. The fourth-order valence-corrected chi connectivity index (χ4v) is 4.54. The van der Waals surface area contributed by atoms with Crippen LogP contribution in [0.1, 0.15) is 71.2 Å². The van der Waals surface area contributed by atoms with Crippen molar-refractivity contribution in [1.82, 2.24) is 10.6 Å². The van der Waals surface area contributed by atoms with Crippen molar-refractivity contribution in [2.24, 2.45) is 33.2 Å². The lowest BCUT2D eigenvalue weighted by atomic mass is 9.70. The largest absolute Gasteiger partial charge is 0.493 e. The molecule has 0 aliphatic carbocycles. The van der Waals surface area contributed by atoms with Gasteiger partial charge in [-0.1, -0.05) is 47.6 Å². The zero-order chi connectivity index (χ0) is 33.1. The summed E-state index contributed by atoms with van der Waals surface area (Å²) in [5, 5.41) is 16.8. The van der Waals surface area contributed by atoms with Gasteiger partial charge in [-0.3, -0.25) is 19.2 Å². The molecule has 0 saturated carbocycles. The summed E-state index contributed by atoms with van der Waals surface area (Å²) in [5.41, 5.74) is 11.9. The van der Waals surface area contributed by atoms with E-state index in [-0.39, 0.29) is 35.2 Å². The number of nitrogens with one attached hydrogen (secondary N) is 3. The van der Waals surface area contributed by atoms with Crippen molar-refractivity contribution in [3.8, 4) is 5.75 Å². The molecule has 0 radical (unpaired) electrons. The molecule has 3 amide bonds. The summed E-state index contributed by atoms with van der Waals surface area (Å²) in [7, 11) is 0. The number of hydrogen-bond donors (Lipinski definition) is 6. The maximum absolute atomic E-state index is 13.0. The number of anilines is 1. The summed E-state index contributed by atoms with van der Waals surface area (Å²) in [6, 6.07) is 11.8. The number of carbonyl (C=O) groups is 4. The fraction of sp³-hybridized carbons (Fsp3) is 0.469. The molecule has 240 valence electrons. The average molecular weight is 611 g/mol. The number of ether oxygens (including phenoxy) is 1. The molecule has 2 aromatic rings. The zero-order valence-corrected chi connectivity index (χ0v) is 26.4. The first-order chi connectivity index (χ1) is 20.5. The highest BCUT2D eigenvalue weighted by Crippen LogP contribution is 2.39. The number of rotatable bonds is 16. The predicted octanol–water partition coefficient (Wildman–Crippen LogP) is 3.79. The molecule has 12 nitrogen and oxygen atoms in total. The van der Waals surface area contributed by atoms with Gasteiger partial charge in [-0.15, -0.1) is 0 Å². The molecule has 1 atom stereocenters. The summed E-state index contributed by atoms with van der Waals surface area (Å²) in [6.07, 6.45) is 0.494. The minimum atomic E-state index is -1.15. The molecule has 0 aliphatic heterocycles. The van der Waals surface area contributed by atoms with Crippen molar-refractivity contribution >= 4 is 41.0 Å². The highest BCUT2D eigenvalue weighted by Gasteiger charge is 2.32. The van der Waals surface area contributed by atoms with Crippen LogP contribution in [0.3, 0.4) is 0 Å². The van der Waals surface area contributed by atoms with Crippen LogP contribution in [0.4, 0.5) is 11.4 Å². The van der Waals surface area contributed by atoms with Crippen LogP contribution in [-0.2, 0) is 14.4 Å². The van der Waals surface area contributed by atoms with Gasteiger partial charge in [-0.25, -0.2) is 4.99 Å². The molecule has 0 heterocycles. The summed E-state index contributed by atoms with van der Waals surface area (Å²) < 4.78 is 6.04. The number of aliphatic carboxylic acids is 1. The van der Waals surface area contributed by atoms with E-state index in [0.29, 0.717) is 29.6 Å². The minimum absolute atomic E-state index is 0.0483. The van der Waals surface area contributed by atoms with E-state index in [1.54, 1.807) is 36.4 Å². The number of carboxylic acid groups (broad SMARTS) is 1. The molecule has 12 heteroatoms. The first-order valence-corrected chi connectivity index (χ1v) is 14.5. The normalized spacial score (nSPS) is 12.2. The Hall–Kier alpha value is -4.61. The number of amides is 3. The Morgan fingerprint density at radius 2 is 1.66 bits per heavy atom. The third kappa shape index (κ3) is 12.3. The van der Waals surface area contributed by atoms with Crippen molar-refractivity contribution in [3.63, 3.8) is 0 Å². The first kappa shape index (κ1) is 35.6. The van der Waals surface area contributed by atoms with E-state index in [0.717, 1.165) is 6.42 Å². The topological polar surface area (TPSA) is 198 Å². The Bertz CT molecular complexity index is 1330. The van der Waals surface area contributed by atoms with E-state index >= 15 is 0 Å². The number of nitrogens with two attached hydrogens (primary N) is 2. The average Bonchev–Trinajstić information content (AvgIpc) is 2.92. The van der Waals surface area contributed by atoms with Crippen molar-refractivity contribution in [2.75, 3.05) is 18.5 Å². The molecule has 44 heavy (non-hydrogen) atoms. The van der Waals surface area contributed by atoms with Crippen molar-refractivity contribution < 1.29 is 29.0 Å². The quantitative estimate of drug-likeness (QED) is 0.122. The van der Waals surface area contributed by atoms with Gasteiger partial charge in [0.25, 0.3) is 5.91 Å². The number of aliphatic imine (C=N–C) groups is 1. The number of benzene rings is 2. The number of hydrogen-bond acceptors (Lipinski definition) is 6. The van der Waals surface area contributed by atoms with E-state index in [9.17, 15) is 19.2 Å². The fourth-order valence-electron chi connectivity index (χ4n) is 4.54. The van der Waals surface area contributed by atoms with Gasteiger partial charge < -0.3 is 37.3 Å². The number of carboxylic acids is 1. The molecular formula is C32H46N6O6. The second kappa shape index (κ2) is 15.7. The van der Waals surface area contributed by atoms with Crippen LogP contribution in [0.5, 0.6) is 5.75 Å². The smallest absolute Gasteiger partial charge is 0.303 e. The molecule has 2 rings (SSSR count). The molecule has 0 saturated heterocycles. The summed E-state index contributed by atoms with van der Waals surface area (Å²) in [4.78, 5) is 53.2. The van der Waals surface area contributed by atoms with Crippen LogP contribution in [0.2, 0.25) is 0 Å². The molecule has 0 bridgehead atoms. The van der Waals surface area contributed by atoms with Gasteiger partial charge in [0.15, 0.2) is 5.96 Å². The third-order valence-electron chi connectivity index (χ3n) is 7.32. The number of guanidine groups is 1. The third-order valence-corrected chi connectivity index (χ3v) is 7.32. The van der Waals surface area contributed by atoms with Gasteiger partial charge in [0.2, 0.25) is 11.8 Å². The highest BCUT2D eigenvalue weighted by molar-refractivity contribution is 6.00. The SMILES string of the molecule is CC(C)C(C)(C)CC(C)(C)COc1ccc(NC(=O)[C@H](CCC(=O)O)NC(=O)CNC(=O)c2cccc(N=C(N)N)c2)cc1. The molecule has 8 N–H and O–H groups in total. The zero-order valence-electron chi connectivity index (χ0n) is 26.4. The number of nitrogens with zero attached hydrogens (tertiary/aromatic N) is 1. The highest BCUT2D eigenvalue weighted by atomic mass is 16.5. The second-order valence-electron chi connectivity index (χ2n) is 12.6. The van der Waals surface area contributed by atoms with Gasteiger partial charge in [-0.2, -0.15) is 0 Å². The van der Waals surface area contributed by atoms with Gasteiger partial charge in [0.05, 0.1) is 18.8 Å². The Labute approximate surface area is 259 Å². The van der Waals surface area contributed by atoms with E-state index in [1.165, 1.54) is 12.1 Å². The van der Waals surface area contributed by atoms with Crippen LogP contribution in [0.15, 0.2) is 53.5 Å². The second-order valence-corrected chi connectivity index (χ2v) is 12.6. The Morgan fingerprint density at radius 1 is 1.00 bits per heavy atom. The molecule has 0 aromatic heterocycles. The number of carbonyl (C=O) groups excluding carboxylic acids is 3. The van der Waals surface area contributed by atoms with E-state index in [4.69, 9.17) is 21.3 Å². The van der Waals surface area contributed by atoms with Gasteiger partial charge >= 0.3 is 5.97 Å². The molecule has 0 unspecified atom stereocenters. The molecule has 0 aliphatic rings. The van der Waals surface area contributed by atoms with Crippen LogP contribution >= 0.6 is 0 Å². The van der Waals surface area contributed by atoms with Crippen LogP contribution in [0, 0.1) is 16.7 Å². The van der Waals surface area contributed by atoms with Crippen LogP contribution < -0.4 is 32.2 Å². The lowest BCUT2D eigenvalue weighted by molar-refractivity contribution is -0.137. The van der Waals surface area contributed by atoms with E-state index < -0.39 is 36.3 Å². The Morgan fingerprint density at radius 3 is 2.25 bits per heavy atom. The predicted molar refractivity (Wildman–Crippen MR) is 171 cm³/mol. The standard InChI is InChI=1S/C32H46N6O6/c1-20(2)32(5,6)18-31(3,4)19-44-24-12-10-22(11-13-24)36-29(43)25(14-15-27(40)41)38-26(39)17-35-28(42)21-8-7-9-23(16-21)37-30(33)34/h7-13,16,20,25H,14-15,17-19H2,1-6H3,(H,35,42)(H,36,43)(H,38,39)(H,40,41)(H4,33,34,37)/t25-/m0/s1. The Balaban J connectivity index is 1.97. The van der Waals surface area contributed by atoms with E-state index in [1.807, 2.05) is 0 Å². The summed E-state index contributed by atoms with van der Waals surface area (Å²) in [6.45, 7) is 13.4. The van der Waals surface area contributed by atoms with Gasteiger partial charge in [-0.05, 0) is 72.1 Å². The lowest BCUT2D eigenvalue weighted by Crippen LogP contribution is -2.47. The van der Waals surface area contributed by atoms with Gasteiger partial charge in [0.1, 0.15) is 11.8 Å². The lowest BCUT2D eigenvalue weighted by Gasteiger charge is -2.37. The molecule has 0 spiro atoms. The summed E-state index contributed by atoms with van der Waals surface area (Å²) in [5.74, 6) is -1.93. The van der Waals surface area contributed by atoms with Crippen LogP contribution in [0.25, 0.3) is 0 Å². The summed E-state index contributed by atoms with van der Waals surface area (Å²) >= 11 is 0. The van der Waals surface area contributed by atoms with Crippen molar-refractivity contribution in [2.45, 2.75) is 66.8 Å². The van der Waals surface area contributed by atoms with Crippen LogP contribution in [-0.4, -0.2) is 54.0 Å².